The van der Waals surface area contributed by atoms with Crippen LogP contribution in [0.3, 0.4) is 0 Å². The van der Waals surface area contributed by atoms with Crippen LogP contribution in [0.1, 0.15) is 56.1 Å². The summed E-state index contributed by atoms with van der Waals surface area (Å²) in [6.45, 7) is 4.34. The van der Waals surface area contributed by atoms with Crippen molar-refractivity contribution in [3.63, 3.8) is 0 Å². The largest absolute Gasteiger partial charge is 0.489 e. The van der Waals surface area contributed by atoms with Crippen molar-refractivity contribution in [1.29, 1.82) is 0 Å². The highest BCUT2D eigenvalue weighted by molar-refractivity contribution is 9.09. The van der Waals surface area contributed by atoms with Crippen molar-refractivity contribution in [2.45, 2.75) is 69.7 Å². The lowest BCUT2D eigenvalue weighted by Gasteiger charge is -2.53. The van der Waals surface area contributed by atoms with Gasteiger partial charge >= 0.3 is 0 Å². The predicted octanol–water partition coefficient (Wildman–Crippen LogP) is 5.56. The van der Waals surface area contributed by atoms with Crippen molar-refractivity contribution in [3.8, 4) is 5.75 Å². The van der Waals surface area contributed by atoms with E-state index < -0.39 is 0 Å². The number of alkyl halides is 1. The number of benzene rings is 1. The van der Waals surface area contributed by atoms with Gasteiger partial charge in [-0.2, -0.15) is 0 Å². The van der Waals surface area contributed by atoms with Crippen molar-refractivity contribution in [3.05, 3.63) is 29.3 Å². The average molecular weight is 337 g/mol. The highest BCUT2D eigenvalue weighted by atomic mass is 79.9. The van der Waals surface area contributed by atoms with Gasteiger partial charge in [-0.1, -0.05) is 53.7 Å². The molecule has 1 aromatic rings. The first kappa shape index (κ1) is 14.4. The molecule has 0 bridgehead atoms. The van der Waals surface area contributed by atoms with Gasteiger partial charge in [-0.15, -0.1) is 0 Å². The number of aryl methyl sites for hydroxylation is 1. The number of halogens is 1. The van der Waals surface area contributed by atoms with Gasteiger partial charge in [0.1, 0.15) is 11.9 Å². The SMILES string of the molecule is Cc1cccc(OC2CC(Br)C23CCCCCC3)c1C. The molecule has 0 amide bonds. The van der Waals surface area contributed by atoms with E-state index in [-0.39, 0.29) is 0 Å². The van der Waals surface area contributed by atoms with E-state index >= 15 is 0 Å². The van der Waals surface area contributed by atoms with Crippen molar-refractivity contribution >= 4 is 15.9 Å². The Morgan fingerprint density at radius 2 is 1.80 bits per heavy atom. The Balaban J connectivity index is 1.78. The fourth-order valence-corrected chi connectivity index (χ4v) is 4.98. The first-order chi connectivity index (χ1) is 9.63. The van der Waals surface area contributed by atoms with Gasteiger partial charge in [-0.25, -0.2) is 0 Å². The Bertz CT molecular complexity index is 474. The molecule has 2 aliphatic carbocycles. The zero-order valence-corrected chi connectivity index (χ0v) is 14.2. The molecule has 2 atom stereocenters. The molecule has 0 N–H and O–H groups in total. The van der Waals surface area contributed by atoms with E-state index in [1.54, 1.807) is 0 Å². The standard InChI is InChI=1S/C18H25BrO/c1-13-8-7-9-15(14(13)2)20-17-12-16(19)18(17)10-5-3-4-6-11-18/h7-9,16-17H,3-6,10-12H2,1-2H3. The minimum Gasteiger partial charge on any atom is -0.489 e. The van der Waals surface area contributed by atoms with Crippen LogP contribution in [0.25, 0.3) is 0 Å². The molecule has 0 radical (unpaired) electrons. The van der Waals surface area contributed by atoms with Crippen LogP contribution >= 0.6 is 15.9 Å². The van der Waals surface area contributed by atoms with Gasteiger partial charge < -0.3 is 4.74 Å². The van der Waals surface area contributed by atoms with Gasteiger partial charge in [0.15, 0.2) is 0 Å². The Labute approximate surface area is 131 Å². The highest BCUT2D eigenvalue weighted by Gasteiger charge is 2.55. The molecule has 2 unspecified atom stereocenters. The Morgan fingerprint density at radius 3 is 2.45 bits per heavy atom. The van der Waals surface area contributed by atoms with Crippen molar-refractivity contribution in [2.24, 2.45) is 5.41 Å². The van der Waals surface area contributed by atoms with Crippen molar-refractivity contribution in [1.82, 2.24) is 0 Å². The second-order valence-electron chi connectivity index (χ2n) is 6.66. The summed E-state index contributed by atoms with van der Waals surface area (Å²) in [7, 11) is 0. The maximum absolute atomic E-state index is 6.45. The van der Waals surface area contributed by atoms with Crippen LogP contribution in [0.2, 0.25) is 0 Å². The Hall–Kier alpha value is -0.500. The smallest absolute Gasteiger partial charge is 0.122 e. The monoisotopic (exact) mass is 336 g/mol. The Morgan fingerprint density at radius 1 is 1.10 bits per heavy atom. The third kappa shape index (κ3) is 2.41. The van der Waals surface area contributed by atoms with E-state index in [9.17, 15) is 0 Å². The molecule has 0 heterocycles. The van der Waals surface area contributed by atoms with E-state index in [1.807, 2.05) is 0 Å². The molecule has 1 spiro atoms. The van der Waals surface area contributed by atoms with Crippen molar-refractivity contribution in [2.75, 3.05) is 0 Å². The second-order valence-corrected chi connectivity index (χ2v) is 7.76. The molecule has 1 nitrogen and oxygen atoms in total. The summed E-state index contributed by atoms with van der Waals surface area (Å²) < 4.78 is 6.45. The average Bonchev–Trinajstić information content (AvgIpc) is 2.71. The summed E-state index contributed by atoms with van der Waals surface area (Å²) in [6, 6.07) is 6.41. The summed E-state index contributed by atoms with van der Waals surface area (Å²) in [5.74, 6) is 1.10. The zero-order valence-electron chi connectivity index (χ0n) is 12.6. The van der Waals surface area contributed by atoms with Crippen LogP contribution in [-0.2, 0) is 0 Å². The van der Waals surface area contributed by atoms with Crippen LogP contribution in [0.15, 0.2) is 18.2 Å². The molecule has 20 heavy (non-hydrogen) atoms. The van der Waals surface area contributed by atoms with Crippen molar-refractivity contribution < 1.29 is 4.74 Å². The molecular weight excluding hydrogens is 312 g/mol. The molecule has 0 aliphatic heterocycles. The molecule has 2 saturated carbocycles. The number of rotatable bonds is 2. The molecule has 1 aromatic carbocycles. The van der Waals surface area contributed by atoms with Crippen LogP contribution in [0, 0.1) is 19.3 Å². The lowest BCUT2D eigenvalue weighted by atomic mass is 9.61. The van der Waals surface area contributed by atoms with Crippen LogP contribution in [0.4, 0.5) is 0 Å². The lowest BCUT2D eigenvalue weighted by Crippen LogP contribution is -2.56. The van der Waals surface area contributed by atoms with E-state index in [1.165, 1.54) is 49.7 Å². The van der Waals surface area contributed by atoms with E-state index in [2.05, 4.69) is 48.0 Å². The molecule has 0 aromatic heterocycles. The fraction of sp³-hybridized carbons (Fsp3) is 0.667. The Kier molecular flexibility index (Phi) is 4.12. The minimum atomic E-state index is 0.396. The van der Waals surface area contributed by atoms with E-state index in [0.717, 1.165) is 12.2 Å². The summed E-state index contributed by atoms with van der Waals surface area (Å²) in [5, 5.41) is 0. The predicted molar refractivity (Wildman–Crippen MR) is 87.8 cm³/mol. The third-order valence-corrected chi connectivity index (χ3v) is 6.83. The zero-order chi connectivity index (χ0) is 14.2. The number of hydrogen-bond donors (Lipinski definition) is 0. The molecule has 110 valence electrons. The molecule has 2 fully saturated rings. The van der Waals surface area contributed by atoms with Gasteiger partial charge in [-0.3, -0.25) is 0 Å². The van der Waals surface area contributed by atoms with Gasteiger partial charge in [0.05, 0.1) is 0 Å². The van der Waals surface area contributed by atoms with Crippen LogP contribution in [0.5, 0.6) is 5.75 Å². The van der Waals surface area contributed by atoms with Crippen LogP contribution < -0.4 is 4.74 Å². The number of hydrogen-bond acceptors (Lipinski definition) is 1. The molecule has 2 aliphatic rings. The summed E-state index contributed by atoms with van der Waals surface area (Å²) in [4.78, 5) is 0.656. The van der Waals surface area contributed by atoms with Crippen LogP contribution in [-0.4, -0.2) is 10.9 Å². The number of ether oxygens (including phenoxy) is 1. The van der Waals surface area contributed by atoms with Gasteiger partial charge in [0.25, 0.3) is 0 Å². The molecule has 0 saturated heterocycles. The topological polar surface area (TPSA) is 9.23 Å². The van der Waals surface area contributed by atoms with Gasteiger partial charge in [0, 0.05) is 10.2 Å². The summed E-state index contributed by atoms with van der Waals surface area (Å²) >= 11 is 3.92. The minimum absolute atomic E-state index is 0.396. The fourth-order valence-electron chi connectivity index (χ4n) is 3.89. The maximum atomic E-state index is 6.45. The second kappa shape index (κ2) is 5.71. The van der Waals surface area contributed by atoms with Gasteiger partial charge in [-0.05, 0) is 50.3 Å². The third-order valence-electron chi connectivity index (χ3n) is 5.54. The first-order valence-electron chi connectivity index (χ1n) is 8.00. The summed E-state index contributed by atoms with van der Waals surface area (Å²) in [5.41, 5.74) is 3.02. The lowest BCUT2D eigenvalue weighted by molar-refractivity contribution is -0.0465. The first-order valence-corrected chi connectivity index (χ1v) is 8.92. The van der Waals surface area contributed by atoms with E-state index in [4.69, 9.17) is 4.74 Å². The summed E-state index contributed by atoms with van der Waals surface area (Å²) in [6.07, 6.45) is 9.77. The molecule has 3 rings (SSSR count). The quantitative estimate of drug-likeness (QED) is 0.642. The molecular formula is C18H25BrO. The maximum Gasteiger partial charge on any atom is 0.122 e. The normalized spacial score (nSPS) is 28.8. The van der Waals surface area contributed by atoms with Gasteiger partial charge in [0.2, 0.25) is 0 Å². The molecule has 2 heteroatoms. The van der Waals surface area contributed by atoms with E-state index in [0.29, 0.717) is 16.3 Å². The highest BCUT2D eigenvalue weighted by Crippen LogP contribution is 2.55.